The monoisotopic (exact) mass is 248 g/mol. The molecule has 0 radical (unpaired) electrons. The third kappa shape index (κ3) is 4.74. The second-order valence-corrected chi connectivity index (χ2v) is 3.54. The number of nitrogens with one attached hydrogen (secondary N) is 1. The average Bonchev–Trinajstić information content (AvgIpc) is 2.26. The Hall–Kier alpha value is -0.910. The summed E-state index contributed by atoms with van der Waals surface area (Å²) in [5.74, 6) is -0.282. The van der Waals surface area contributed by atoms with E-state index < -0.39 is 5.82 Å². The van der Waals surface area contributed by atoms with Crippen LogP contribution >= 0.6 is 11.6 Å². The van der Waals surface area contributed by atoms with Gasteiger partial charge in [-0.3, -0.25) is 0 Å². The Morgan fingerprint density at radius 3 is 3.00 bits per heavy atom. The van der Waals surface area contributed by atoms with Gasteiger partial charge in [-0.2, -0.15) is 0 Å². The minimum atomic E-state index is -0.469. The molecule has 0 aliphatic rings. The van der Waals surface area contributed by atoms with Crippen LogP contribution in [-0.2, 0) is 4.74 Å². The number of aliphatic hydroxyl groups is 1. The van der Waals surface area contributed by atoms with Crippen LogP contribution in [0.25, 0.3) is 0 Å². The molecule has 0 atom stereocenters. The van der Waals surface area contributed by atoms with Crippen LogP contribution in [0.15, 0.2) is 12.3 Å². The van der Waals surface area contributed by atoms with Crippen LogP contribution in [0.1, 0.15) is 6.42 Å². The minimum Gasteiger partial charge on any atom is -0.394 e. The van der Waals surface area contributed by atoms with Crippen LogP contribution in [0, 0.1) is 5.82 Å². The van der Waals surface area contributed by atoms with Crippen molar-refractivity contribution in [2.75, 3.05) is 31.7 Å². The lowest BCUT2D eigenvalue weighted by Crippen LogP contribution is -2.09. The highest BCUT2D eigenvalue weighted by Gasteiger charge is 2.02. The molecule has 90 valence electrons. The van der Waals surface area contributed by atoms with E-state index in [1.807, 2.05) is 0 Å². The molecule has 0 spiro atoms. The van der Waals surface area contributed by atoms with Gasteiger partial charge in [-0.15, -0.1) is 0 Å². The molecule has 2 N–H and O–H groups in total. The number of aliphatic hydroxyl groups excluding tert-OH is 1. The van der Waals surface area contributed by atoms with E-state index in [-0.39, 0.29) is 17.4 Å². The summed E-state index contributed by atoms with van der Waals surface area (Å²) >= 11 is 5.56. The van der Waals surface area contributed by atoms with Crippen molar-refractivity contribution < 1.29 is 14.2 Å². The fourth-order valence-electron chi connectivity index (χ4n) is 1.09. The summed E-state index contributed by atoms with van der Waals surface area (Å²) in [6.45, 7) is 1.41. The second kappa shape index (κ2) is 7.38. The van der Waals surface area contributed by atoms with Gasteiger partial charge < -0.3 is 15.2 Å². The number of pyridine rings is 1. The summed E-state index contributed by atoms with van der Waals surface area (Å²) < 4.78 is 18.3. The van der Waals surface area contributed by atoms with Crippen molar-refractivity contribution >= 4 is 17.4 Å². The standard InChI is InChI=1S/C10H14ClFN2O2/c11-8-6-9(12)10(14-7-8)13-2-1-4-16-5-3-15/h6-7,15H,1-5H2,(H,13,14). The van der Waals surface area contributed by atoms with Crippen molar-refractivity contribution in [3.05, 3.63) is 23.1 Å². The molecule has 6 heteroatoms. The highest BCUT2D eigenvalue weighted by atomic mass is 35.5. The third-order valence-corrected chi connectivity index (χ3v) is 2.01. The Kier molecular flexibility index (Phi) is 6.07. The van der Waals surface area contributed by atoms with Gasteiger partial charge in [-0.25, -0.2) is 9.37 Å². The molecule has 0 aliphatic heterocycles. The quantitative estimate of drug-likeness (QED) is 0.721. The minimum absolute atomic E-state index is 0.0147. The van der Waals surface area contributed by atoms with E-state index in [2.05, 4.69) is 10.3 Å². The zero-order valence-electron chi connectivity index (χ0n) is 8.75. The van der Waals surface area contributed by atoms with E-state index in [0.29, 0.717) is 26.2 Å². The maximum absolute atomic E-state index is 13.2. The molecule has 0 unspecified atom stereocenters. The van der Waals surface area contributed by atoms with Gasteiger partial charge in [0.2, 0.25) is 0 Å². The van der Waals surface area contributed by atoms with E-state index in [0.717, 1.165) is 0 Å². The molecule has 1 rings (SSSR count). The Bertz CT molecular complexity index is 326. The topological polar surface area (TPSA) is 54.4 Å². The van der Waals surface area contributed by atoms with Crippen LogP contribution in [0.2, 0.25) is 5.02 Å². The lowest BCUT2D eigenvalue weighted by atomic mass is 10.4. The highest BCUT2D eigenvalue weighted by Crippen LogP contribution is 2.15. The van der Waals surface area contributed by atoms with Crippen molar-refractivity contribution in [3.63, 3.8) is 0 Å². The zero-order chi connectivity index (χ0) is 11.8. The summed E-state index contributed by atoms with van der Waals surface area (Å²) in [7, 11) is 0. The predicted octanol–water partition coefficient (Wildman–Crippen LogP) is 1.68. The van der Waals surface area contributed by atoms with Gasteiger partial charge in [-0.1, -0.05) is 11.6 Å². The molecule has 0 aliphatic carbocycles. The number of anilines is 1. The first-order valence-corrected chi connectivity index (χ1v) is 5.35. The van der Waals surface area contributed by atoms with Crippen molar-refractivity contribution in [1.82, 2.24) is 4.98 Å². The lowest BCUT2D eigenvalue weighted by Gasteiger charge is -2.06. The van der Waals surface area contributed by atoms with Crippen LogP contribution in [0.5, 0.6) is 0 Å². The van der Waals surface area contributed by atoms with Gasteiger partial charge in [0.1, 0.15) is 0 Å². The van der Waals surface area contributed by atoms with Gasteiger partial charge in [0.05, 0.1) is 18.2 Å². The molecule has 0 amide bonds. The number of halogens is 2. The number of hydrogen-bond acceptors (Lipinski definition) is 4. The fraction of sp³-hybridized carbons (Fsp3) is 0.500. The van der Waals surface area contributed by atoms with Gasteiger partial charge >= 0.3 is 0 Å². The molecular weight excluding hydrogens is 235 g/mol. The van der Waals surface area contributed by atoms with E-state index in [9.17, 15) is 4.39 Å². The maximum Gasteiger partial charge on any atom is 0.166 e. The Labute approximate surface area is 98.4 Å². The van der Waals surface area contributed by atoms with Crippen LogP contribution in [0.4, 0.5) is 10.2 Å². The van der Waals surface area contributed by atoms with Gasteiger partial charge in [0, 0.05) is 19.3 Å². The third-order valence-electron chi connectivity index (χ3n) is 1.80. The van der Waals surface area contributed by atoms with Crippen LogP contribution < -0.4 is 5.32 Å². The number of nitrogens with zero attached hydrogens (tertiary/aromatic N) is 1. The maximum atomic E-state index is 13.2. The first kappa shape index (κ1) is 13.2. The molecule has 0 saturated carbocycles. The van der Waals surface area contributed by atoms with E-state index in [1.165, 1.54) is 12.3 Å². The lowest BCUT2D eigenvalue weighted by molar-refractivity contribution is 0.0921. The van der Waals surface area contributed by atoms with Gasteiger partial charge in [-0.05, 0) is 12.5 Å². The smallest absolute Gasteiger partial charge is 0.166 e. The zero-order valence-corrected chi connectivity index (χ0v) is 9.50. The van der Waals surface area contributed by atoms with Crippen molar-refractivity contribution in [3.8, 4) is 0 Å². The Balaban J connectivity index is 2.21. The largest absolute Gasteiger partial charge is 0.394 e. The summed E-state index contributed by atoms with van der Waals surface area (Å²) in [4.78, 5) is 3.81. The SMILES string of the molecule is OCCOCCCNc1ncc(Cl)cc1F. The van der Waals surface area contributed by atoms with Crippen LogP contribution in [-0.4, -0.2) is 36.5 Å². The number of aromatic nitrogens is 1. The number of rotatable bonds is 7. The number of hydrogen-bond donors (Lipinski definition) is 2. The summed E-state index contributed by atoms with van der Waals surface area (Å²) in [5, 5.41) is 11.6. The van der Waals surface area contributed by atoms with Gasteiger partial charge in [0.25, 0.3) is 0 Å². The molecule has 4 nitrogen and oxygen atoms in total. The number of ether oxygens (including phenoxy) is 1. The normalized spacial score (nSPS) is 10.4. The summed E-state index contributed by atoms with van der Waals surface area (Å²) in [6, 6.07) is 1.21. The average molecular weight is 249 g/mol. The Morgan fingerprint density at radius 1 is 1.50 bits per heavy atom. The predicted molar refractivity (Wildman–Crippen MR) is 60.2 cm³/mol. The Morgan fingerprint density at radius 2 is 2.31 bits per heavy atom. The molecule has 1 aromatic heterocycles. The first-order valence-electron chi connectivity index (χ1n) is 4.97. The molecule has 0 saturated heterocycles. The van der Waals surface area contributed by atoms with Crippen molar-refractivity contribution in [2.45, 2.75) is 6.42 Å². The molecule has 1 heterocycles. The van der Waals surface area contributed by atoms with Gasteiger partial charge in [0.15, 0.2) is 11.6 Å². The molecule has 0 fully saturated rings. The fourth-order valence-corrected chi connectivity index (χ4v) is 1.24. The molecule has 1 aromatic rings. The van der Waals surface area contributed by atoms with Crippen LogP contribution in [0.3, 0.4) is 0 Å². The van der Waals surface area contributed by atoms with Crippen molar-refractivity contribution in [1.29, 1.82) is 0 Å². The molecule has 0 bridgehead atoms. The molecular formula is C10H14ClFN2O2. The highest BCUT2D eigenvalue weighted by molar-refractivity contribution is 6.30. The second-order valence-electron chi connectivity index (χ2n) is 3.10. The summed E-state index contributed by atoms with van der Waals surface area (Å²) in [6.07, 6.45) is 2.10. The van der Waals surface area contributed by atoms with E-state index in [4.69, 9.17) is 21.4 Å². The van der Waals surface area contributed by atoms with E-state index in [1.54, 1.807) is 0 Å². The first-order chi connectivity index (χ1) is 7.74. The summed E-state index contributed by atoms with van der Waals surface area (Å²) in [5.41, 5.74) is 0. The van der Waals surface area contributed by atoms with E-state index >= 15 is 0 Å². The van der Waals surface area contributed by atoms with Crippen molar-refractivity contribution in [2.24, 2.45) is 0 Å². The molecule has 0 aromatic carbocycles. The molecule has 16 heavy (non-hydrogen) atoms.